The van der Waals surface area contributed by atoms with E-state index in [-0.39, 0.29) is 5.91 Å². The van der Waals surface area contributed by atoms with E-state index in [1.54, 1.807) is 6.20 Å². The number of carbonyl (C=O) groups excluding carboxylic acids is 1. The van der Waals surface area contributed by atoms with Crippen molar-refractivity contribution in [3.05, 3.63) is 78.6 Å². The Kier molecular flexibility index (Phi) is 5.11. The van der Waals surface area contributed by atoms with Crippen molar-refractivity contribution in [3.63, 3.8) is 0 Å². The van der Waals surface area contributed by atoms with Crippen LogP contribution in [0.3, 0.4) is 0 Å². The number of aromatic nitrogens is 2. The molecular formula is C18H17N3OS. The van der Waals surface area contributed by atoms with Crippen LogP contribution in [0.15, 0.2) is 78.0 Å². The van der Waals surface area contributed by atoms with E-state index in [1.165, 1.54) is 17.3 Å². The van der Waals surface area contributed by atoms with Gasteiger partial charge in [0.15, 0.2) is 0 Å². The minimum Gasteiger partial charge on any atom is -0.323 e. The van der Waals surface area contributed by atoms with Crippen molar-refractivity contribution in [1.29, 1.82) is 0 Å². The number of amides is 1. The van der Waals surface area contributed by atoms with E-state index < -0.39 is 0 Å². The van der Waals surface area contributed by atoms with Crippen molar-refractivity contribution in [2.24, 2.45) is 0 Å². The predicted molar refractivity (Wildman–Crippen MR) is 93.6 cm³/mol. The number of thioether (sulfide) groups is 1. The number of nitrogens with one attached hydrogen (secondary N) is 1. The van der Waals surface area contributed by atoms with Gasteiger partial charge in [0, 0.05) is 11.1 Å². The van der Waals surface area contributed by atoms with Crippen LogP contribution in [-0.4, -0.2) is 21.4 Å². The molecule has 1 amide bonds. The molecular weight excluding hydrogens is 306 g/mol. The zero-order valence-electron chi connectivity index (χ0n) is 12.6. The summed E-state index contributed by atoms with van der Waals surface area (Å²) in [4.78, 5) is 13.1. The fraction of sp³-hybridized carbons (Fsp3) is 0.111. The Hall–Kier alpha value is -2.53. The molecule has 3 aromatic rings. The number of benzene rings is 2. The smallest absolute Gasteiger partial charge is 0.234 e. The van der Waals surface area contributed by atoms with Crippen LogP contribution in [-0.2, 0) is 11.3 Å². The van der Waals surface area contributed by atoms with Crippen LogP contribution in [0.4, 0.5) is 5.69 Å². The molecule has 1 heterocycles. The topological polar surface area (TPSA) is 46.9 Å². The van der Waals surface area contributed by atoms with E-state index in [1.807, 2.05) is 59.4 Å². The predicted octanol–water partition coefficient (Wildman–Crippen LogP) is 3.66. The lowest BCUT2D eigenvalue weighted by Crippen LogP contribution is -2.13. The summed E-state index contributed by atoms with van der Waals surface area (Å²) in [6, 6.07) is 20.0. The van der Waals surface area contributed by atoms with Crippen molar-refractivity contribution in [2.75, 3.05) is 11.1 Å². The Morgan fingerprint density at radius 2 is 1.74 bits per heavy atom. The third kappa shape index (κ3) is 4.72. The maximum Gasteiger partial charge on any atom is 0.234 e. The van der Waals surface area contributed by atoms with E-state index in [4.69, 9.17) is 0 Å². The molecule has 0 aliphatic heterocycles. The van der Waals surface area contributed by atoms with Crippen molar-refractivity contribution >= 4 is 23.4 Å². The normalized spacial score (nSPS) is 10.4. The summed E-state index contributed by atoms with van der Waals surface area (Å²) in [6.45, 7) is 0.690. The zero-order chi connectivity index (χ0) is 15.9. The molecule has 2 aromatic carbocycles. The minimum absolute atomic E-state index is 0.0295. The van der Waals surface area contributed by atoms with Gasteiger partial charge >= 0.3 is 0 Å². The molecule has 0 atom stereocenters. The molecule has 0 radical (unpaired) electrons. The lowest BCUT2D eigenvalue weighted by atomic mass is 10.2. The maximum absolute atomic E-state index is 12.0. The molecule has 3 rings (SSSR count). The van der Waals surface area contributed by atoms with E-state index in [0.29, 0.717) is 12.3 Å². The Balaban J connectivity index is 1.51. The molecule has 5 heteroatoms. The number of anilines is 1. The summed E-state index contributed by atoms with van der Waals surface area (Å²) >= 11 is 1.52. The Morgan fingerprint density at radius 3 is 2.48 bits per heavy atom. The number of rotatable bonds is 6. The molecule has 0 bridgehead atoms. The van der Waals surface area contributed by atoms with Gasteiger partial charge in [0.05, 0.1) is 24.2 Å². The SMILES string of the molecule is O=C(CSc1ccccc1)Nc1cnn(Cc2ccccc2)c1. The third-order valence-electron chi connectivity index (χ3n) is 3.22. The first-order valence-corrected chi connectivity index (χ1v) is 8.32. The highest BCUT2D eigenvalue weighted by Gasteiger charge is 2.06. The summed E-state index contributed by atoms with van der Waals surface area (Å²) in [5.41, 5.74) is 1.90. The average molecular weight is 323 g/mol. The highest BCUT2D eigenvalue weighted by Crippen LogP contribution is 2.17. The van der Waals surface area contributed by atoms with Crippen molar-refractivity contribution in [3.8, 4) is 0 Å². The van der Waals surface area contributed by atoms with Gasteiger partial charge in [-0.3, -0.25) is 9.48 Å². The monoisotopic (exact) mass is 323 g/mol. The van der Waals surface area contributed by atoms with Gasteiger partial charge in [0.2, 0.25) is 5.91 Å². The van der Waals surface area contributed by atoms with Gasteiger partial charge < -0.3 is 5.32 Å². The molecule has 0 spiro atoms. The standard InChI is InChI=1S/C18H17N3OS/c22-18(14-23-17-9-5-2-6-10-17)20-16-11-19-21(13-16)12-15-7-3-1-4-8-15/h1-11,13H,12,14H2,(H,20,22). The molecule has 0 aliphatic rings. The van der Waals surface area contributed by atoms with Gasteiger partial charge in [-0.05, 0) is 17.7 Å². The first kappa shape index (κ1) is 15.4. The van der Waals surface area contributed by atoms with Crippen molar-refractivity contribution < 1.29 is 4.79 Å². The first-order chi connectivity index (χ1) is 11.3. The van der Waals surface area contributed by atoms with Crippen molar-refractivity contribution in [1.82, 2.24) is 9.78 Å². The van der Waals surface area contributed by atoms with E-state index in [2.05, 4.69) is 22.5 Å². The van der Waals surface area contributed by atoms with Gasteiger partial charge in [-0.1, -0.05) is 48.5 Å². The highest BCUT2D eigenvalue weighted by atomic mass is 32.2. The van der Waals surface area contributed by atoms with E-state index >= 15 is 0 Å². The molecule has 1 aromatic heterocycles. The van der Waals surface area contributed by atoms with Gasteiger partial charge in [0.25, 0.3) is 0 Å². The second-order valence-corrected chi connectivity index (χ2v) is 6.11. The molecule has 0 aliphatic carbocycles. The summed E-state index contributed by atoms with van der Waals surface area (Å²) in [5, 5.41) is 7.15. The fourth-order valence-electron chi connectivity index (χ4n) is 2.15. The molecule has 0 saturated heterocycles. The van der Waals surface area contributed by atoms with Crippen LogP contribution < -0.4 is 5.32 Å². The Bertz CT molecular complexity index is 756. The Morgan fingerprint density at radius 1 is 1.04 bits per heavy atom. The third-order valence-corrected chi connectivity index (χ3v) is 4.23. The number of hydrogen-bond donors (Lipinski definition) is 1. The molecule has 0 fully saturated rings. The number of carbonyl (C=O) groups is 1. The fourth-order valence-corrected chi connectivity index (χ4v) is 2.87. The van der Waals surface area contributed by atoms with Crippen LogP contribution in [0.5, 0.6) is 0 Å². The second-order valence-electron chi connectivity index (χ2n) is 5.06. The van der Waals surface area contributed by atoms with Gasteiger partial charge in [-0.15, -0.1) is 11.8 Å². The van der Waals surface area contributed by atoms with E-state index in [0.717, 1.165) is 10.6 Å². The first-order valence-electron chi connectivity index (χ1n) is 7.34. The van der Waals surface area contributed by atoms with E-state index in [9.17, 15) is 4.79 Å². The minimum atomic E-state index is -0.0295. The van der Waals surface area contributed by atoms with Gasteiger partial charge in [-0.2, -0.15) is 5.10 Å². The molecule has 0 saturated carbocycles. The largest absolute Gasteiger partial charge is 0.323 e. The summed E-state index contributed by atoms with van der Waals surface area (Å²) in [6.07, 6.45) is 3.52. The zero-order valence-corrected chi connectivity index (χ0v) is 13.4. The van der Waals surface area contributed by atoms with Crippen LogP contribution in [0.2, 0.25) is 0 Å². The molecule has 23 heavy (non-hydrogen) atoms. The van der Waals surface area contributed by atoms with Gasteiger partial charge in [-0.25, -0.2) is 0 Å². The summed E-state index contributed by atoms with van der Waals surface area (Å²) in [7, 11) is 0. The summed E-state index contributed by atoms with van der Waals surface area (Å²) in [5.74, 6) is 0.353. The lowest BCUT2D eigenvalue weighted by molar-refractivity contribution is -0.113. The van der Waals surface area contributed by atoms with Crippen LogP contribution in [0.25, 0.3) is 0 Å². The van der Waals surface area contributed by atoms with Crippen LogP contribution >= 0.6 is 11.8 Å². The van der Waals surface area contributed by atoms with Crippen molar-refractivity contribution in [2.45, 2.75) is 11.4 Å². The lowest BCUT2D eigenvalue weighted by Gasteiger charge is -2.03. The Labute approximate surface area is 139 Å². The quantitative estimate of drug-likeness (QED) is 0.704. The molecule has 4 nitrogen and oxygen atoms in total. The molecule has 116 valence electrons. The number of nitrogens with zero attached hydrogens (tertiary/aromatic N) is 2. The van der Waals surface area contributed by atoms with Gasteiger partial charge in [0.1, 0.15) is 0 Å². The average Bonchev–Trinajstić information content (AvgIpc) is 3.02. The maximum atomic E-state index is 12.0. The highest BCUT2D eigenvalue weighted by molar-refractivity contribution is 8.00. The second kappa shape index (κ2) is 7.65. The van der Waals surface area contributed by atoms with Crippen LogP contribution in [0, 0.1) is 0 Å². The molecule has 1 N–H and O–H groups in total. The summed E-state index contributed by atoms with van der Waals surface area (Å²) < 4.78 is 1.81. The molecule has 0 unspecified atom stereocenters. The van der Waals surface area contributed by atoms with Crippen LogP contribution in [0.1, 0.15) is 5.56 Å². The number of hydrogen-bond acceptors (Lipinski definition) is 3.